The number of nitrogens with one attached hydrogen (secondary N) is 3. The Kier molecular flexibility index (Phi) is 7.38. The van der Waals surface area contributed by atoms with Crippen LogP contribution in [0.5, 0.6) is 0 Å². The molecule has 0 saturated heterocycles. The molecule has 8 rings (SSSR count). The average molecular weight is 613 g/mol. The number of rotatable bonds is 9. The van der Waals surface area contributed by atoms with Crippen LogP contribution in [0.15, 0.2) is 156 Å². The molecule has 232 valence electrons. The Morgan fingerprint density at radius 3 is 2.21 bits per heavy atom. The van der Waals surface area contributed by atoms with Gasteiger partial charge in [0, 0.05) is 39.8 Å². The standard InChI is InChI=1S/C43H40N4/c1-43(2)36-20-12-10-19-33(36)38-35-26-34(39(35)40(38)43)32-18-11-13-21-37(32)46-31-24-22-28(23-25-31)27-45-42(30-16-8-5-9-17-30)47-41(44-3)29-14-6-4-7-15-29/h4-26,35,38,41,44,46H,27H2,1-3H3,(H,45,47). The van der Waals surface area contributed by atoms with E-state index in [1.807, 2.05) is 19.2 Å². The fourth-order valence-electron chi connectivity index (χ4n) is 7.83. The number of fused-ring (bicyclic) bond motifs is 5. The molecule has 0 radical (unpaired) electrons. The number of hydrogen-bond acceptors (Lipinski definition) is 3. The highest BCUT2D eigenvalue weighted by Crippen LogP contribution is 2.69. The Hall–Kier alpha value is -5.19. The SMILES string of the molecule is CNC(NC(=NCc1ccc(Nc2ccccc2C2=CC3C2=C2C3c3ccccc3C2(C)C)cc1)c1ccccc1)c1ccccc1. The number of amidine groups is 1. The number of hydrogen-bond donors (Lipinski definition) is 3. The number of nitrogens with zero attached hydrogens (tertiary/aromatic N) is 1. The van der Waals surface area contributed by atoms with Crippen molar-refractivity contribution < 1.29 is 0 Å². The normalized spacial score (nSPS) is 19.4. The van der Waals surface area contributed by atoms with Crippen LogP contribution in [-0.4, -0.2) is 12.9 Å². The molecular formula is C43H40N4. The van der Waals surface area contributed by atoms with Gasteiger partial charge in [-0.2, -0.15) is 0 Å². The zero-order valence-electron chi connectivity index (χ0n) is 27.2. The van der Waals surface area contributed by atoms with Gasteiger partial charge in [0.25, 0.3) is 0 Å². The van der Waals surface area contributed by atoms with Crippen molar-refractivity contribution in [2.75, 3.05) is 12.4 Å². The van der Waals surface area contributed by atoms with Crippen LogP contribution in [0, 0.1) is 5.92 Å². The topological polar surface area (TPSA) is 48.5 Å². The number of allylic oxidation sites excluding steroid dienone is 4. The molecule has 3 aliphatic rings. The number of anilines is 2. The predicted octanol–water partition coefficient (Wildman–Crippen LogP) is 9.28. The third-order valence-corrected chi connectivity index (χ3v) is 10.2. The third kappa shape index (κ3) is 5.10. The minimum atomic E-state index is -0.0553. The first-order valence-electron chi connectivity index (χ1n) is 16.6. The Balaban J connectivity index is 1.00. The van der Waals surface area contributed by atoms with Crippen molar-refractivity contribution in [3.05, 3.63) is 184 Å². The first kappa shape index (κ1) is 29.2. The van der Waals surface area contributed by atoms with Crippen molar-refractivity contribution in [3.8, 4) is 0 Å². The molecule has 3 atom stereocenters. The van der Waals surface area contributed by atoms with Gasteiger partial charge in [-0.15, -0.1) is 0 Å². The lowest BCUT2D eigenvalue weighted by molar-refractivity contribution is 0.485. The molecular weight excluding hydrogens is 573 g/mol. The molecule has 0 heterocycles. The molecule has 0 aliphatic heterocycles. The lowest BCUT2D eigenvalue weighted by atomic mass is 9.54. The van der Waals surface area contributed by atoms with Crippen LogP contribution in [0.3, 0.4) is 0 Å². The maximum absolute atomic E-state index is 5.05. The van der Waals surface area contributed by atoms with Crippen LogP contribution in [0.4, 0.5) is 11.4 Å². The van der Waals surface area contributed by atoms with Crippen LogP contribution < -0.4 is 16.0 Å². The van der Waals surface area contributed by atoms with E-state index < -0.39 is 0 Å². The van der Waals surface area contributed by atoms with Gasteiger partial charge in [0.15, 0.2) is 0 Å². The second-order valence-corrected chi connectivity index (χ2v) is 13.3. The van der Waals surface area contributed by atoms with Crippen molar-refractivity contribution in [2.24, 2.45) is 10.9 Å². The van der Waals surface area contributed by atoms with E-state index in [9.17, 15) is 0 Å². The highest BCUT2D eigenvalue weighted by atomic mass is 15.1. The molecule has 0 aromatic heterocycles. The van der Waals surface area contributed by atoms with Crippen molar-refractivity contribution in [1.82, 2.24) is 10.6 Å². The molecule has 0 bridgehead atoms. The molecule has 47 heavy (non-hydrogen) atoms. The highest BCUT2D eigenvalue weighted by molar-refractivity contribution is 5.99. The summed E-state index contributed by atoms with van der Waals surface area (Å²) in [7, 11) is 1.96. The fourth-order valence-corrected chi connectivity index (χ4v) is 7.83. The third-order valence-electron chi connectivity index (χ3n) is 10.2. The van der Waals surface area contributed by atoms with Crippen molar-refractivity contribution in [1.29, 1.82) is 0 Å². The van der Waals surface area contributed by atoms with Crippen LogP contribution >= 0.6 is 0 Å². The summed E-state index contributed by atoms with van der Waals surface area (Å²) in [5.41, 5.74) is 14.5. The maximum atomic E-state index is 5.05. The summed E-state index contributed by atoms with van der Waals surface area (Å²) in [6, 6.07) is 47.2. The van der Waals surface area contributed by atoms with E-state index in [1.54, 1.807) is 11.1 Å². The summed E-state index contributed by atoms with van der Waals surface area (Å²) in [6.45, 7) is 5.37. The monoisotopic (exact) mass is 612 g/mol. The van der Waals surface area contributed by atoms with E-state index in [0.717, 1.165) is 33.9 Å². The summed E-state index contributed by atoms with van der Waals surface area (Å²) in [5, 5.41) is 10.7. The molecule has 3 aliphatic carbocycles. The van der Waals surface area contributed by atoms with Crippen molar-refractivity contribution >= 4 is 22.8 Å². The lowest BCUT2D eigenvalue weighted by Crippen LogP contribution is -2.37. The van der Waals surface area contributed by atoms with Gasteiger partial charge in [-0.25, -0.2) is 0 Å². The molecule has 0 amide bonds. The molecule has 4 heteroatoms. The van der Waals surface area contributed by atoms with Gasteiger partial charge in [0.2, 0.25) is 0 Å². The molecule has 3 N–H and O–H groups in total. The lowest BCUT2D eigenvalue weighted by Gasteiger charge is -2.49. The van der Waals surface area contributed by atoms with Crippen LogP contribution in [-0.2, 0) is 12.0 Å². The number of benzene rings is 5. The van der Waals surface area contributed by atoms with Gasteiger partial charge in [0.05, 0.1) is 6.54 Å². The average Bonchev–Trinajstić information content (AvgIpc) is 3.30. The highest BCUT2D eigenvalue weighted by Gasteiger charge is 2.57. The molecule has 5 aromatic carbocycles. The summed E-state index contributed by atoms with van der Waals surface area (Å²) in [5.74, 6) is 1.96. The van der Waals surface area contributed by atoms with Gasteiger partial charge in [-0.05, 0) is 64.2 Å². The Morgan fingerprint density at radius 1 is 0.766 bits per heavy atom. The second-order valence-electron chi connectivity index (χ2n) is 13.3. The van der Waals surface area contributed by atoms with Crippen molar-refractivity contribution in [2.45, 2.75) is 37.9 Å². The minimum Gasteiger partial charge on any atom is -0.355 e. The first-order valence-corrected chi connectivity index (χ1v) is 16.6. The summed E-state index contributed by atoms with van der Waals surface area (Å²) in [6.07, 6.45) is 2.44. The smallest absolute Gasteiger partial charge is 0.130 e. The van der Waals surface area contributed by atoms with Gasteiger partial charge in [-0.3, -0.25) is 10.3 Å². The Bertz CT molecular complexity index is 2020. The summed E-state index contributed by atoms with van der Waals surface area (Å²) < 4.78 is 0. The van der Waals surface area contributed by atoms with Crippen LogP contribution in [0.25, 0.3) is 5.57 Å². The van der Waals surface area contributed by atoms with Gasteiger partial charge in [0.1, 0.15) is 12.0 Å². The Morgan fingerprint density at radius 2 is 1.45 bits per heavy atom. The molecule has 4 nitrogen and oxygen atoms in total. The van der Waals surface area contributed by atoms with Crippen molar-refractivity contribution in [3.63, 3.8) is 0 Å². The van der Waals surface area contributed by atoms with Gasteiger partial charge < -0.3 is 10.6 Å². The Labute approximate surface area is 278 Å². The molecule has 0 spiro atoms. The van der Waals surface area contributed by atoms with E-state index >= 15 is 0 Å². The van der Waals surface area contributed by atoms with Crippen LogP contribution in [0.2, 0.25) is 0 Å². The summed E-state index contributed by atoms with van der Waals surface area (Å²) in [4.78, 5) is 5.05. The fraction of sp³-hybridized carbons (Fsp3) is 0.186. The van der Waals surface area contributed by atoms with E-state index in [2.05, 4.69) is 157 Å². The van der Waals surface area contributed by atoms with E-state index in [4.69, 9.17) is 4.99 Å². The minimum absolute atomic E-state index is 0.0553. The maximum Gasteiger partial charge on any atom is 0.130 e. The molecule has 5 aromatic rings. The van der Waals surface area contributed by atoms with E-state index in [-0.39, 0.29) is 11.6 Å². The van der Waals surface area contributed by atoms with Crippen LogP contribution in [0.1, 0.15) is 59.3 Å². The second kappa shape index (κ2) is 11.9. The van der Waals surface area contributed by atoms with E-state index in [1.165, 1.54) is 22.3 Å². The first-order chi connectivity index (χ1) is 23.0. The molecule has 0 saturated carbocycles. The summed E-state index contributed by atoms with van der Waals surface area (Å²) >= 11 is 0. The zero-order valence-corrected chi connectivity index (χ0v) is 27.2. The largest absolute Gasteiger partial charge is 0.355 e. The molecule has 3 unspecified atom stereocenters. The van der Waals surface area contributed by atoms with E-state index in [0.29, 0.717) is 18.4 Å². The van der Waals surface area contributed by atoms with Gasteiger partial charge in [-0.1, -0.05) is 135 Å². The van der Waals surface area contributed by atoms with Gasteiger partial charge >= 0.3 is 0 Å². The quantitative estimate of drug-likeness (QED) is 0.0883. The predicted molar refractivity (Wildman–Crippen MR) is 195 cm³/mol. The number of para-hydroxylation sites is 1. The molecule has 0 fully saturated rings. The zero-order chi connectivity index (χ0) is 32.0. The number of aliphatic imine (C=N–C) groups is 1.